The summed E-state index contributed by atoms with van der Waals surface area (Å²) in [6.07, 6.45) is 0. The number of thiophene rings is 1. The van der Waals surface area contributed by atoms with Crippen molar-refractivity contribution in [2.45, 2.75) is 0 Å². The highest BCUT2D eigenvalue weighted by Gasteiger charge is 2.13. The maximum atomic E-state index is 9.03. The quantitative estimate of drug-likeness (QED) is 0.750. The van der Waals surface area contributed by atoms with Gasteiger partial charge in [0.15, 0.2) is 11.6 Å². The minimum Gasteiger partial charge on any atom is -0.395 e. The molecule has 0 aliphatic rings. The molecule has 2 N–H and O–H groups in total. The van der Waals surface area contributed by atoms with Gasteiger partial charge in [-0.15, -0.1) is 21.5 Å². The topological polar surface area (TPSA) is 70.9 Å². The number of hydrogen-bond acceptors (Lipinski definition) is 6. The van der Waals surface area contributed by atoms with Crippen LogP contribution in [-0.2, 0) is 0 Å². The molecule has 0 saturated heterocycles. The lowest BCUT2D eigenvalue weighted by atomic mass is 10.2. The minimum atomic E-state index is 0.0180. The first-order valence-electron chi connectivity index (χ1n) is 6.67. The molecule has 2 aromatic heterocycles. The number of aliphatic hydroxyl groups excluding tert-OH is 1. The summed E-state index contributed by atoms with van der Waals surface area (Å²) in [5.41, 5.74) is 1.52. The van der Waals surface area contributed by atoms with Crippen molar-refractivity contribution in [3.05, 3.63) is 46.8 Å². The van der Waals surface area contributed by atoms with Crippen LogP contribution >= 0.6 is 22.9 Å². The lowest BCUT2D eigenvalue weighted by Crippen LogP contribution is -2.10. The van der Waals surface area contributed by atoms with Crippen LogP contribution in [0.25, 0.3) is 22.0 Å². The van der Waals surface area contributed by atoms with Gasteiger partial charge < -0.3 is 10.4 Å². The van der Waals surface area contributed by atoms with E-state index in [0.717, 1.165) is 10.4 Å². The van der Waals surface area contributed by atoms with Crippen molar-refractivity contribution in [1.82, 2.24) is 15.2 Å². The average molecular weight is 333 g/mol. The summed E-state index contributed by atoms with van der Waals surface area (Å²) >= 11 is 7.46. The molecular weight excluding hydrogens is 320 g/mol. The largest absolute Gasteiger partial charge is 0.395 e. The van der Waals surface area contributed by atoms with E-state index >= 15 is 0 Å². The highest BCUT2D eigenvalue weighted by atomic mass is 35.5. The summed E-state index contributed by atoms with van der Waals surface area (Å²) in [6.45, 7) is 0.418. The van der Waals surface area contributed by atoms with Crippen LogP contribution in [0.3, 0.4) is 0 Å². The van der Waals surface area contributed by atoms with Crippen LogP contribution in [0, 0.1) is 0 Å². The van der Waals surface area contributed by atoms with Gasteiger partial charge in [0.25, 0.3) is 0 Å². The van der Waals surface area contributed by atoms with E-state index in [4.69, 9.17) is 16.7 Å². The Morgan fingerprint density at radius 2 is 1.95 bits per heavy atom. The molecule has 1 aromatic carbocycles. The first kappa shape index (κ1) is 14.9. The Bertz CT molecular complexity index is 747. The number of nitrogens with zero attached hydrogens (tertiary/aromatic N) is 3. The van der Waals surface area contributed by atoms with E-state index in [1.54, 1.807) is 23.5 Å². The highest BCUT2D eigenvalue weighted by molar-refractivity contribution is 7.13. The second kappa shape index (κ2) is 6.83. The summed E-state index contributed by atoms with van der Waals surface area (Å²) in [4.78, 5) is 5.51. The Hall–Kier alpha value is -2.02. The van der Waals surface area contributed by atoms with Crippen molar-refractivity contribution in [2.75, 3.05) is 18.5 Å². The molecule has 22 heavy (non-hydrogen) atoms. The predicted octanol–water partition coefficient (Wildman–Crippen LogP) is 3.32. The van der Waals surface area contributed by atoms with Gasteiger partial charge in [-0.1, -0.05) is 17.7 Å². The second-order valence-electron chi connectivity index (χ2n) is 4.47. The third kappa shape index (κ3) is 3.24. The van der Waals surface area contributed by atoms with Crippen LogP contribution in [0.15, 0.2) is 41.8 Å². The van der Waals surface area contributed by atoms with Crippen LogP contribution in [-0.4, -0.2) is 33.4 Å². The molecule has 2 heterocycles. The van der Waals surface area contributed by atoms with Crippen LogP contribution in [0.2, 0.25) is 5.02 Å². The number of aromatic nitrogens is 3. The minimum absolute atomic E-state index is 0.0180. The van der Waals surface area contributed by atoms with E-state index in [1.807, 2.05) is 29.6 Å². The zero-order valence-electron chi connectivity index (χ0n) is 11.5. The van der Waals surface area contributed by atoms with E-state index in [0.29, 0.717) is 28.9 Å². The third-order valence-corrected chi connectivity index (χ3v) is 4.08. The Labute approximate surface area is 136 Å². The number of aliphatic hydroxyl groups is 1. The van der Waals surface area contributed by atoms with E-state index in [-0.39, 0.29) is 6.61 Å². The number of benzene rings is 1. The number of hydrogen-bond donors (Lipinski definition) is 2. The molecule has 0 saturated carbocycles. The lowest BCUT2D eigenvalue weighted by molar-refractivity contribution is 0.311. The Balaban J connectivity index is 2.01. The number of halogens is 1. The molecule has 0 fully saturated rings. The number of nitrogens with one attached hydrogen (secondary N) is 1. The van der Waals surface area contributed by atoms with Crippen molar-refractivity contribution in [2.24, 2.45) is 0 Å². The first-order chi connectivity index (χ1) is 10.8. The van der Waals surface area contributed by atoms with Crippen molar-refractivity contribution in [3.63, 3.8) is 0 Å². The molecule has 0 aliphatic heterocycles. The molecule has 7 heteroatoms. The normalized spacial score (nSPS) is 10.6. The molecular formula is C15H13ClN4OS. The lowest BCUT2D eigenvalue weighted by Gasteiger charge is -2.09. The average Bonchev–Trinajstić information content (AvgIpc) is 3.07. The van der Waals surface area contributed by atoms with Gasteiger partial charge >= 0.3 is 0 Å². The van der Waals surface area contributed by atoms with Crippen molar-refractivity contribution < 1.29 is 5.11 Å². The van der Waals surface area contributed by atoms with Crippen molar-refractivity contribution in [1.29, 1.82) is 0 Å². The Kier molecular flexibility index (Phi) is 4.62. The number of anilines is 1. The van der Waals surface area contributed by atoms with Crippen LogP contribution in [0.4, 0.5) is 5.82 Å². The molecule has 0 atom stereocenters. The fraction of sp³-hybridized carbons (Fsp3) is 0.133. The van der Waals surface area contributed by atoms with Gasteiger partial charge in [0.1, 0.15) is 5.69 Å². The van der Waals surface area contributed by atoms with Gasteiger partial charge in [0.05, 0.1) is 11.5 Å². The Morgan fingerprint density at radius 1 is 1.14 bits per heavy atom. The third-order valence-electron chi connectivity index (χ3n) is 2.95. The maximum absolute atomic E-state index is 9.03. The highest BCUT2D eigenvalue weighted by Crippen LogP contribution is 2.29. The van der Waals surface area contributed by atoms with Crippen LogP contribution in [0.5, 0.6) is 0 Å². The van der Waals surface area contributed by atoms with Gasteiger partial charge in [-0.25, -0.2) is 4.98 Å². The van der Waals surface area contributed by atoms with Gasteiger partial charge in [-0.05, 0) is 35.7 Å². The van der Waals surface area contributed by atoms with Gasteiger partial charge in [-0.3, -0.25) is 0 Å². The molecule has 0 amide bonds. The maximum Gasteiger partial charge on any atom is 0.183 e. The molecule has 0 unspecified atom stereocenters. The van der Waals surface area contributed by atoms with Crippen molar-refractivity contribution in [3.8, 4) is 22.0 Å². The van der Waals surface area contributed by atoms with Crippen molar-refractivity contribution >= 4 is 28.8 Å². The standard InChI is InChI=1S/C15H13ClN4OS/c16-11-5-3-10(4-6-11)14-18-15(17-7-8-21)13(19-20-14)12-2-1-9-22-12/h1-6,9,21H,7-8H2,(H,17,18,20). The fourth-order valence-corrected chi connectivity index (χ4v) is 2.76. The monoisotopic (exact) mass is 332 g/mol. The fourth-order valence-electron chi connectivity index (χ4n) is 1.92. The molecule has 3 aromatic rings. The summed E-state index contributed by atoms with van der Waals surface area (Å²) in [7, 11) is 0. The van der Waals surface area contributed by atoms with E-state index in [1.165, 1.54) is 0 Å². The van der Waals surface area contributed by atoms with E-state index in [9.17, 15) is 0 Å². The summed E-state index contributed by atoms with van der Waals surface area (Å²) in [5, 5.41) is 23.2. The van der Waals surface area contributed by atoms with Crippen LogP contribution in [0.1, 0.15) is 0 Å². The molecule has 3 rings (SSSR count). The number of rotatable bonds is 5. The molecule has 0 aliphatic carbocycles. The smallest absolute Gasteiger partial charge is 0.183 e. The molecule has 0 bridgehead atoms. The Morgan fingerprint density at radius 3 is 2.64 bits per heavy atom. The van der Waals surface area contributed by atoms with Gasteiger partial charge in [-0.2, -0.15) is 0 Å². The molecule has 0 radical (unpaired) electrons. The first-order valence-corrected chi connectivity index (χ1v) is 7.93. The zero-order valence-corrected chi connectivity index (χ0v) is 13.1. The SMILES string of the molecule is OCCNc1nc(-c2ccc(Cl)cc2)nnc1-c1cccs1. The molecule has 0 spiro atoms. The summed E-state index contributed by atoms with van der Waals surface area (Å²) in [6, 6.07) is 11.2. The molecule has 112 valence electrons. The van der Waals surface area contributed by atoms with Gasteiger partial charge in [0, 0.05) is 17.1 Å². The van der Waals surface area contributed by atoms with E-state index < -0.39 is 0 Å². The van der Waals surface area contributed by atoms with E-state index in [2.05, 4.69) is 20.5 Å². The predicted molar refractivity (Wildman–Crippen MR) is 89.2 cm³/mol. The second-order valence-corrected chi connectivity index (χ2v) is 5.85. The molecule has 5 nitrogen and oxygen atoms in total. The van der Waals surface area contributed by atoms with Crippen LogP contribution < -0.4 is 5.32 Å². The van der Waals surface area contributed by atoms with Gasteiger partial charge in [0.2, 0.25) is 0 Å². The zero-order chi connectivity index (χ0) is 15.4. The summed E-state index contributed by atoms with van der Waals surface area (Å²) < 4.78 is 0. The summed E-state index contributed by atoms with van der Waals surface area (Å²) in [5.74, 6) is 1.12.